The van der Waals surface area contributed by atoms with Crippen molar-refractivity contribution in [3.63, 3.8) is 0 Å². The van der Waals surface area contributed by atoms with Crippen LogP contribution in [0.5, 0.6) is 0 Å². The number of nitrogens with one attached hydrogen (secondary N) is 1. The molecule has 6 rings (SSSR count). The maximum Gasteiger partial charge on any atom is 0.410 e. The number of likely N-dealkylation sites (tertiary alicyclic amines) is 2. The summed E-state index contributed by atoms with van der Waals surface area (Å²) in [5.41, 5.74) is 2.16. The van der Waals surface area contributed by atoms with E-state index in [9.17, 15) is 19.2 Å². The van der Waals surface area contributed by atoms with Crippen LogP contribution < -0.4 is 10.2 Å². The van der Waals surface area contributed by atoms with Crippen molar-refractivity contribution in [3.8, 4) is 0 Å². The lowest BCUT2D eigenvalue weighted by molar-refractivity contribution is -0.135. The molecule has 1 unspecified atom stereocenters. The summed E-state index contributed by atoms with van der Waals surface area (Å²) < 4.78 is 5.46. The Morgan fingerprint density at radius 3 is 2.43 bits per heavy atom. The van der Waals surface area contributed by atoms with Crippen molar-refractivity contribution >= 4 is 29.5 Å². The van der Waals surface area contributed by atoms with Gasteiger partial charge in [-0.3, -0.25) is 29.5 Å². The fourth-order valence-corrected chi connectivity index (χ4v) is 6.06. The summed E-state index contributed by atoms with van der Waals surface area (Å²) in [6.07, 6.45) is 1.98. The molecule has 9 heteroatoms. The SMILES string of the molecule is CC(C)(C)OC(=O)N1CC(N2CC(c3cccc4c3C3(CC3)C(=O)N4C3CCC(=O)NC3=O)C2)C1. The third-order valence-electron chi connectivity index (χ3n) is 8.09. The van der Waals surface area contributed by atoms with E-state index in [4.69, 9.17) is 4.74 Å². The van der Waals surface area contributed by atoms with Crippen LogP contribution in [0.2, 0.25) is 0 Å². The van der Waals surface area contributed by atoms with Crippen LogP contribution in [0.4, 0.5) is 10.5 Å². The van der Waals surface area contributed by atoms with Gasteiger partial charge >= 0.3 is 6.09 Å². The second-order valence-electron chi connectivity index (χ2n) is 11.7. The zero-order valence-corrected chi connectivity index (χ0v) is 20.5. The summed E-state index contributed by atoms with van der Waals surface area (Å²) >= 11 is 0. The Bertz CT molecular complexity index is 1130. The molecule has 9 nitrogen and oxygen atoms in total. The molecule has 4 fully saturated rings. The number of carbonyl (C=O) groups is 4. The first-order valence-corrected chi connectivity index (χ1v) is 12.6. The summed E-state index contributed by atoms with van der Waals surface area (Å²) in [4.78, 5) is 55.9. The Kier molecular flexibility index (Phi) is 4.84. The number of ether oxygens (including phenoxy) is 1. The van der Waals surface area contributed by atoms with E-state index in [0.29, 0.717) is 31.5 Å². The van der Waals surface area contributed by atoms with Crippen molar-refractivity contribution in [2.75, 3.05) is 31.1 Å². The second kappa shape index (κ2) is 7.53. The minimum atomic E-state index is -0.624. The van der Waals surface area contributed by atoms with E-state index in [1.54, 1.807) is 9.80 Å². The van der Waals surface area contributed by atoms with Crippen LogP contribution in [0.1, 0.15) is 63.5 Å². The summed E-state index contributed by atoms with van der Waals surface area (Å²) in [7, 11) is 0. The van der Waals surface area contributed by atoms with Gasteiger partial charge in [-0.1, -0.05) is 12.1 Å². The van der Waals surface area contributed by atoms with Gasteiger partial charge in [0.05, 0.1) is 5.41 Å². The normalized spacial score (nSPS) is 26.4. The number of imide groups is 1. The predicted octanol–water partition coefficient (Wildman–Crippen LogP) is 1.89. The van der Waals surface area contributed by atoms with E-state index >= 15 is 0 Å². The summed E-state index contributed by atoms with van der Waals surface area (Å²) in [5, 5.41) is 2.40. The number of rotatable bonds is 3. The number of benzene rings is 1. The van der Waals surface area contributed by atoms with Gasteiger partial charge in [0.1, 0.15) is 11.6 Å². The number of hydrogen-bond donors (Lipinski definition) is 1. The Labute approximate surface area is 204 Å². The molecule has 35 heavy (non-hydrogen) atoms. The smallest absolute Gasteiger partial charge is 0.410 e. The standard InChI is InChI=1S/C26H32N4O5/c1-25(2,3)35-24(34)29-13-16(14-29)28-11-15(12-28)17-5-4-6-18-21(17)26(9-10-26)23(33)30(18)19-7-8-20(31)27-22(19)32/h4-6,15-16,19H,7-14H2,1-3H3,(H,27,31,32). The zero-order valence-electron chi connectivity index (χ0n) is 20.5. The lowest BCUT2D eigenvalue weighted by Gasteiger charge is -2.52. The molecule has 0 bridgehead atoms. The Hall–Kier alpha value is -2.94. The molecule has 0 aromatic heterocycles. The molecule has 1 atom stereocenters. The van der Waals surface area contributed by atoms with E-state index in [1.165, 1.54) is 5.56 Å². The monoisotopic (exact) mass is 480 g/mol. The van der Waals surface area contributed by atoms with E-state index in [0.717, 1.165) is 37.2 Å². The van der Waals surface area contributed by atoms with Gasteiger partial charge in [-0.2, -0.15) is 0 Å². The minimum absolute atomic E-state index is 0.0117. The Morgan fingerprint density at radius 2 is 1.80 bits per heavy atom. The first-order valence-electron chi connectivity index (χ1n) is 12.6. The molecule has 1 aromatic carbocycles. The fourth-order valence-electron chi connectivity index (χ4n) is 6.06. The predicted molar refractivity (Wildman–Crippen MR) is 127 cm³/mol. The van der Waals surface area contributed by atoms with Crippen molar-refractivity contribution in [2.24, 2.45) is 0 Å². The second-order valence-corrected chi connectivity index (χ2v) is 11.7. The van der Waals surface area contributed by atoms with E-state index < -0.39 is 17.1 Å². The number of hydrogen-bond acceptors (Lipinski definition) is 6. The van der Waals surface area contributed by atoms with Gasteiger partial charge in [-0.15, -0.1) is 0 Å². The van der Waals surface area contributed by atoms with Gasteiger partial charge in [0.25, 0.3) is 0 Å². The highest BCUT2D eigenvalue weighted by atomic mass is 16.6. The van der Waals surface area contributed by atoms with E-state index in [-0.39, 0.29) is 30.2 Å². The molecule has 3 saturated heterocycles. The average molecular weight is 481 g/mol. The maximum absolute atomic E-state index is 13.6. The number of fused-ring (bicyclic) bond motifs is 2. The van der Waals surface area contributed by atoms with Gasteiger partial charge in [-0.25, -0.2) is 4.79 Å². The number of piperidine rings is 1. The molecule has 5 aliphatic rings. The molecule has 4 aliphatic heterocycles. The third kappa shape index (κ3) is 3.54. The van der Waals surface area contributed by atoms with Crippen LogP contribution in [0, 0.1) is 0 Å². The fraction of sp³-hybridized carbons (Fsp3) is 0.615. The van der Waals surface area contributed by atoms with E-state index in [1.807, 2.05) is 32.9 Å². The third-order valence-corrected chi connectivity index (χ3v) is 8.09. The molecule has 1 aromatic rings. The molecule has 4 heterocycles. The van der Waals surface area contributed by atoms with Crippen LogP contribution in [0.3, 0.4) is 0 Å². The molecule has 0 radical (unpaired) electrons. The lowest BCUT2D eigenvalue weighted by Crippen LogP contribution is -2.66. The minimum Gasteiger partial charge on any atom is -0.444 e. The van der Waals surface area contributed by atoms with Crippen LogP contribution in [0.15, 0.2) is 18.2 Å². The molecular formula is C26H32N4O5. The molecular weight excluding hydrogens is 448 g/mol. The molecule has 186 valence electrons. The highest BCUT2D eigenvalue weighted by molar-refractivity contribution is 6.15. The van der Waals surface area contributed by atoms with Gasteiger partial charge in [0.2, 0.25) is 17.7 Å². The lowest BCUT2D eigenvalue weighted by atomic mass is 9.81. The number of carbonyl (C=O) groups excluding carboxylic acids is 4. The number of anilines is 1. The van der Waals surface area contributed by atoms with Crippen molar-refractivity contribution < 1.29 is 23.9 Å². The number of amides is 4. The van der Waals surface area contributed by atoms with Crippen molar-refractivity contribution in [2.45, 2.75) is 75.5 Å². The summed E-state index contributed by atoms with van der Waals surface area (Å²) in [5.74, 6) is -0.313. The number of nitrogens with zero attached hydrogens (tertiary/aromatic N) is 3. The first kappa shape index (κ1) is 22.5. The largest absolute Gasteiger partial charge is 0.444 e. The van der Waals surface area contributed by atoms with Crippen molar-refractivity contribution in [3.05, 3.63) is 29.3 Å². The van der Waals surface area contributed by atoms with Crippen LogP contribution in [-0.4, -0.2) is 77.5 Å². The van der Waals surface area contributed by atoms with Crippen LogP contribution >= 0.6 is 0 Å². The zero-order chi connectivity index (χ0) is 24.7. The van der Waals surface area contributed by atoms with Crippen molar-refractivity contribution in [1.82, 2.24) is 15.1 Å². The average Bonchev–Trinajstić information content (AvgIpc) is 3.46. The summed E-state index contributed by atoms with van der Waals surface area (Å²) in [6.45, 7) is 8.77. The molecule has 1 saturated carbocycles. The van der Waals surface area contributed by atoms with Crippen LogP contribution in [-0.2, 0) is 24.5 Å². The van der Waals surface area contributed by atoms with Gasteiger partial charge in [-0.05, 0) is 57.2 Å². The molecule has 1 N–H and O–H groups in total. The topological polar surface area (TPSA) is 99.3 Å². The highest BCUT2D eigenvalue weighted by Gasteiger charge is 2.62. The van der Waals surface area contributed by atoms with Crippen molar-refractivity contribution in [1.29, 1.82) is 0 Å². The molecule has 4 amide bonds. The molecule has 1 aliphatic carbocycles. The van der Waals surface area contributed by atoms with E-state index in [2.05, 4.69) is 16.3 Å². The quantitative estimate of drug-likeness (QED) is 0.664. The summed E-state index contributed by atoms with van der Waals surface area (Å²) in [6, 6.07) is 5.79. The highest BCUT2D eigenvalue weighted by Crippen LogP contribution is 2.60. The first-order chi connectivity index (χ1) is 16.6. The maximum atomic E-state index is 13.6. The van der Waals surface area contributed by atoms with Gasteiger partial charge < -0.3 is 9.64 Å². The van der Waals surface area contributed by atoms with Gasteiger partial charge in [0.15, 0.2) is 0 Å². The Balaban J connectivity index is 1.16. The molecule has 1 spiro atoms. The van der Waals surface area contributed by atoms with Crippen LogP contribution in [0.25, 0.3) is 0 Å². The Morgan fingerprint density at radius 1 is 1.09 bits per heavy atom. The van der Waals surface area contributed by atoms with Gasteiger partial charge in [0, 0.05) is 50.2 Å².